The highest BCUT2D eigenvalue weighted by molar-refractivity contribution is 7.68. The Hall–Kier alpha value is -2.71. The zero-order valence-corrected chi connectivity index (χ0v) is 14.1. The fourth-order valence-corrected chi connectivity index (χ4v) is 4.04. The molecule has 3 aromatic carbocycles. The Morgan fingerprint density at radius 1 is 0.750 bits per heavy atom. The summed E-state index contributed by atoms with van der Waals surface area (Å²) < 4.78 is 24.9. The first-order chi connectivity index (χ1) is 11.7. The molecule has 0 saturated carbocycles. The number of hydrogen-bond acceptors (Lipinski definition) is 3. The van der Waals surface area contributed by atoms with E-state index in [1.54, 1.807) is 31.4 Å². The highest BCUT2D eigenvalue weighted by Crippen LogP contribution is 2.48. The van der Waals surface area contributed by atoms with Crippen LogP contribution >= 0.6 is 7.52 Å². The van der Waals surface area contributed by atoms with Crippen molar-refractivity contribution in [3.05, 3.63) is 84.9 Å². The number of rotatable bonds is 6. The minimum absolute atomic E-state index is 0.426. The molecular formula is C19H18NO3P. The van der Waals surface area contributed by atoms with Gasteiger partial charge in [-0.25, -0.2) is 4.57 Å². The van der Waals surface area contributed by atoms with E-state index in [-0.39, 0.29) is 0 Å². The zero-order chi connectivity index (χ0) is 16.8. The normalized spacial score (nSPS) is 12.9. The van der Waals surface area contributed by atoms with Gasteiger partial charge in [0.1, 0.15) is 0 Å². The second-order valence-electron chi connectivity index (χ2n) is 5.11. The number of para-hydroxylation sites is 3. The lowest BCUT2D eigenvalue weighted by atomic mass is 10.3. The molecule has 0 fully saturated rings. The molecule has 0 saturated heterocycles. The van der Waals surface area contributed by atoms with Gasteiger partial charge < -0.3 is 14.3 Å². The number of benzene rings is 3. The van der Waals surface area contributed by atoms with Crippen LogP contribution in [0.1, 0.15) is 0 Å². The van der Waals surface area contributed by atoms with E-state index in [1.807, 2.05) is 60.7 Å². The van der Waals surface area contributed by atoms with Gasteiger partial charge in [0.15, 0.2) is 11.5 Å². The lowest BCUT2D eigenvalue weighted by Crippen LogP contribution is -2.16. The minimum atomic E-state index is -3.39. The van der Waals surface area contributed by atoms with Crippen molar-refractivity contribution in [3.63, 3.8) is 0 Å². The van der Waals surface area contributed by atoms with Crippen molar-refractivity contribution >= 4 is 18.5 Å². The number of methoxy groups -OCH3 is 1. The number of hydrogen-bond donors (Lipinski definition) is 1. The van der Waals surface area contributed by atoms with E-state index in [9.17, 15) is 4.57 Å². The molecule has 24 heavy (non-hydrogen) atoms. The molecule has 0 aliphatic rings. The lowest BCUT2D eigenvalue weighted by Gasteiger charge is -2.22. The maximum absolute atomic E-state index is 13.6. The van der Waals surface area contributed by atoms with Gasteiger partial charge in [-0.3, -0.25) is 0 Å². The standard InChI is InChI=1S/C19H18NO3P/c1-22-18-14-8-9-15-19(18)23-24(21,17-12-6-3-7-13-17)20-16-10-4-2-5-11-16/h2-15H,1H3,(H,20,21). The first kappa shape index (κ1) is 16.2. The fraction of sp³-hybridized carbons (Fsp3) is 0.0526. The maximum Gasteiger partial charge on any atom is 0.371 e. The van der Waals surface area contributed by atoms with Crippen molar-refractivity contribution in [3.8, 4) is 11.5 Å². The maximum atomic E-state index is 13.6. The van der Waals surface area contributed by atoms with Gasteiger partial charge in [-0.15, -0.1) is 0 Å². The van der Waals surface area contributed by atoms with Crippen LogP contribution in [0, 0.1) is 0 Å². The van der Waals surface area contributed by atoms with E-state index in [4.69, 9.17) is 9.26 Å². The summed E-state index contributed by atoms with van der Waals surface area (Å²) in [6.07, 6.45) is 0. The van der Waals surface area contributed by atoms with Crippen molar-refractivity contribution in [1.29, 1.82) is 0 Å². The molecule has 3 aromatic rings. The van der Waals surface area contributed by atoms with E-state index in [2.05, 4.69) is 5.09 Å². The molecule has 0 amide bonds. The van der Waals surface area contributed by atoms with E-state index < -0.39 is 7.52 Å². The predicted molar refractivity (Wildman–Crippen MR) is 97.4 cm³/mol. The topological polar surface area (TPSA) is 47.6 Å². The van der Waals surface area contributed by atoms with Gasteiger partial charge in [-0.1, -0.05) is 48.5 Å². The molecule has 1 unspecified atom stereocenters. The highest BCUT2D eigenvalue weighted by atomic mass is 31.2. The molecule has 5 heteroatoms. The number of ether oxygens (including phenoxy) is 1. The summed E-state index contributed by atoms with van der Waals surface area (Å²) in [6.45, 7) is 0. The van der Waals surface area contributed by atoms with E-state index in [0.717, 1.165) is 5.69 Å². The quantitative estimate of drug-likeness (QED) is 0.661. The first-order valence-corrected chi connectivity index (χ1v) is 9.15. The van der Waals surface area contributed by atoms with Gasteiger partial charge in [0.25, 0.3) is 0 Å². The average Bonchev–Trinajstić information content (AvgIpc) is 2.64. The molecule has 0 heterocycles. The lowest BCUT2D eigenvalue weighted by molar-refractivity contribution is 0.392. The van der Waals surface area contributed by atoms with Crippen LogP contribution in [0.15, 0.2) is 84.9 Å². The van der Waals surface area contributed by atoms with Crippen LogP contribution in [0.4, 0.5) is 5.69 Å². The third-order valence-electron chi connectivity index (χ3n) is 3.44. The van der Waals surface area contributed by atoms with Crippen LogP contribution in [-0.2, 0) is 4.57 Å². The van der Waals surface area contributed by atoms with Crippen LogP contribution in [-0.4, -0.2) is 7.11 Å². The largest absolute Gasteiger partial charge is 0.493 e. The van der Waals surface area contributed by atoms with Gasteiger partial charge in [-0.2, -0.15) is 0 Å². The average molecular weight is 339 g/mol. The Bertz CT molecular complexity index is 838. The molecule has 3 rings (SSSR count). The van der Waals surface area contributed by atoms with Gasteiger partial charge in [0.2, 0.25) is 0 Å². The zero-order valence-electron chi connectivity index (χ0n) is 13.3. The molecule has 122 valence electrons. The van der Waals surface area contributed by atoms with Crippen LogP contribution in [0.3, 0.4) is 0 Å². The van der Waals surface area contributed by atoms with Crippen LogP contribution in [0.25, 0.3) is 0 Å². The summed E-state index contributed by atoms with van der Waals surface area (Å²) in [5.41, 5.74) is 0.722. The van der Waals surface area contributed by atoms with Crippen molar-refractivity contribution in [2.75, 3.05) is 12.2 Å². The summed E-state index contributed by atoms with van der Waals surface area (Å²) in [7, 11) is -1.83. The predicted octanol–water partition coefficient (Wildman–Crippen LogP) is 4.70. The Morgan fingerprint density at radius 2 is 1.29 bits per heavy atom. The highest BCUT2D eigenvalue weighted by Gasteiger charge is 2.28. The fourth-order valence-electron chi connectivity index (χ4n) is 2.28. The van der Waals surface area contributed by atoms with Crippen molar-refractivity contribution in [1.82, 2.24) is 0 Å². The van der Waals surface area contributed by atoms with Crippen LogP contribution in [0.2, 0.25) is 0 Å². The monoisotopic (exact) mass is 339 g/mol. The Kier molecular flexibility index (Phi) is 4.88. The van der Waals surface area contributed by atoms with Gasteiger partial charge >= 0.3 is 7.52 Å². The molecule has 0 aromatic heterocycles. The smallest absolute Gasteiger partial charge is 0.371 e. The molecular weight excluding hydrogens is 321 g/mol. The molecule has 0 spiro atoms. The Balaban J connectivity index is 2.01. The molecule has 0 radical (unpaired) electrons. The Morgan fingerprint density at radius 3 is 1.92 bits per heavy atom. The number of nitrogens with one attached hydrogen (secondary N) is 1. The van der Waals surface area contributed by atoms with Crippen LogP contribution < -0.4 is 19.7 Å². The van der Waals surface area contributed by atoms with Crippen molar-refractivity contribution in [2.45, 2.75) is 0 Å². The molecule has 4 nitrogen and oxygen atoms in total. The third kappa shape index (κ3) is 3.61. The van der Waals surface area contributed by atoms with Crippen molar-refractivity contribution < 1.29 is 13.8 Å². The summed E-state index contributed by atoms with van der Waals surface area (Å²) in [4.78, 5) is 0. The van der Waals surface area contributed by atoms with Crippen LogP contribution in [0.5, 0.6) is 11.5 Å². The molecule has 1 atom stereocenters. The van der Waals surface area contributed by atoms with Gasteiger partial charge in [0, 0.05) is 5.69 Å². The number of anilines is 1. The molecule has 0 aliphatic heterocycles. The SMILES string of the molecule is COc1ccccc1OP(=O)(Nc1ccccc1)c1ccccc1. The van der Waals surface area contributed by atoms with Gasteiger partial charge in [0.05, 0.1) is 12.4 Å². The summed E-state index contributed by atoms with van der Waals surface area (Å²) >= 11 is 0. The van der Waals surface area contributed by atoms with Gasteiger partial charge in [-0.05, 0) is 36.4 Å². The Labute approximate surface area is 141 Å². The van der Waals surface area contributed by atoms with E-state index in [1.165, 1.54) is 0 Å². The summed E-state index contributed by atoms with van der Waals surface area (Å²) in [5, 5.41) is 3.63. The summed E-state index contributed by atoms with van der Waals surface area (Å²) in [5.74, 6) is 0.958. The molecule has 0 bridgehead atoms. The van der Waals surface area contributed by atoms with Crippen molar-refractivity contribution in [2.24, 2.45) is 0 Å². The molecule has 0 aliphatic carbocycles. The van der Waals surface area contributed by atoms with E-state index >= 15 is 0 Å². The second-order valence-corrected chi connectivity index (χ2v) is 7.13. The minimum Gasteiger partial charge on any atom is -0.493 e. The third-order valence-corrected chi connectivity index (χ3v) is 5.43. The van der Waals surface area contributed by atoms with E-state index in [0.29, 0.717) is 16.8 Å². The first-order valence-electron chi connectivity index (χ1n) is 7.53. The molecule has 1 N–H and O–H groups in total. The summed E-state index contributed by atoms with van der Waals surface area (Å²) in [6, 6.07) is 25.6. The second kappa shape index (κ2) is 7.24.